The van der Waals surface area contributed by atoms with Crippen LogP contribution in [0.4, 0.5) is 11.5 Å². The lowest BCUT2D eigenvalue weighted by atomic mass is 9.92. The molecule has 0 aliphatic carbocycles. The maximum atomic E-state index is 11.9. The summed E-state index contributed by atoms with van der Waals surface area (Å²) in [6.45, 7) is 12.7. The Bertz CT molecular complexity index is 710. The fraction of sp³-hybridized carbons (Fsp3) is 0.350. The summed E-state index contributed by atoms with van der Waals surface area (Å²) in [4.78, 5) is 20.4. The van der Waals surface area contributed by atoms with Crippen molar-refractivity contribution in [2.75, 3.05) is 11.9 Å². The predicted octanol–water partition coefficient (Wildman–Crippen LogP) is 4.38. The molecule has 2 aromatic rings. The van der Waals surface area contributed by atoms with Gasteiger partial charge in [-0.25, -0.2) is 9.97 Å². The molecule has 5 nitrogen and oxygen atoms in total. The van der Waals surface area contributed by atoms with E-state index in [2.05, 4.69) is 73.1 Å². The van der Waals surface area contributed by atoms with Gasteiger partial charge < -0.3 is 10.6 Å². The number of nitrogens with one attached hydrogen (secondary N) is 2. The third-order valence-corrected chi connectivity index (χ3v) is 3.92. The molecule has 1 aromatic carbocycles. The Morgan fingerprint density at radius 3 is 2.24 bits per heavy atom. The van der Waals surface area contributed by atoms with Crippen LogP contribution in [0.5, 0.6) is 0 Å². The summed E-state index contributed by atoms with van der Waals surface area (Å²) in [5.74, 6) is 1.14. The van der Waals surface area contributed by atoms with E-state index in [1.54, 1.807) is 12.3 Å². The van der Waals surface area contributed by atoms with E-state index in [-0.39, 0.29) is 11.6 Å². The maximum absolute atomic E-state index is 11.9. The molecule has 0 radical (unpaired) electrons. The second-order valence-electron chi connectivity index (χ2n) is 6.53. The largest absolute Gasteiger partial charge is 0.347 e. The summed E-state index contributed by atoms with van der Waals surface area (Å²) >= 11 is 0. The Labute approximate surface area is 149 Å². The van der Waals surface area contributed by atoms with Crippen molar-refractivity contribution in [1.82, 2.24) is 15.3 Å². The third kappa shape index (κ3) is 4.66. The molecule has 0 aliphatic rings. The fourth-order valence-corrected chi connectivity index (χ4v) is 2.59. The van der Waals surface area contributed by atoms with Crippen LogP contribution in [0.25, 0.3) is 0 Å². The summed E-state index contributed by atoms with van der Waals surface area (Å²) < 4.78 is 0. The molecular weight excluding hydrogens is 312 g/mol. The topological polar surface area (TPSA) is 66.9 Å². The Morgan fingerprint density at radius 1 is 1.12 bits per heavy atom. The average Bonchev–Trinajstić information content (AvgIpc) is 2.60. The maximum Gasteiger partial charge on any atom is 0.271 e. The Hall–Kier alpha value is -2.69. The number of anilines is 2. The lowest BCUT2D eigenvalue weighted by Crippen LogP contribution is -2.24. The van der Waals surface area contributed by atoms with E-state index in [9.17, 15) is 4.79 Å². The first kappa shape index (κ1) is 18.6. The molecular formula is C20H26N4O. The van der Waals surface area contributed by atoms with Crippen molar-refractivity contribution >= 4 is 17.4 Å². The van der Waals surface area contributed by atoms with Crippen LogP contribution in [-0.2, 0) is 0 Å². The summed E-state index contributed by atoms with van der Waals surface area (Å²) in [5, 5.41) is 6.08. The van der Waals surface area contributed by atoms with Crippen molar-refractivity contribution in [2.45, 2.75) is 39.5 Å². The molecule has 0 atom stereocenters. The SMILES string of the molecule is C=CCNC(=O)c1cnc(Nc2c(C(C)C)cccc2C(C)C)cn1. The molecule has 25 heavy (non-hydrogen) atoms. The molecule has 0 fully saturated rings. The molecule has 0 spiro atoms. The van der Waals surface area contributed by atoms with Gasteiger partial charge in [-0.3, -0.25) is 4.79 Å². The van der Waals surface area contributed by atoms with Gasteiger partial charge in [0.15, 0.2) is 0 Å². The highest BCUT2D eigenvalue weighted by molar-refractivity contribution is 5.92. The van der Waals surface area contributed by atoms with Crippen molar-refractivity contribution in [3.8, 4) is 0 Å². The second kappa shape index (κ2) is 8.42. The van der Waals surface area contributed by atoms with Gasteiger partial charge in [0.2, 0.25) is 0 Å². The number of benzene rings is 1. The van der Waals surface area contributed by atoms with Crippen molar-refractivity contribution in [3.05, 3.63) is 60.1 Å². The fourth-order valence-electron chi connectivity index (χ4n) is 2.59. The van der Waals surface area contributed by atoms with Crippen molar-refractivity contribution in [2.24, 2.45) is 0 Å². The highest BCUT2D eigenvalue weighted by Gasteiger charge is 2.15. The van der Waals surface area contributed by atoms with Crippen LogP contribution in [0, 0.1) is 0 Å². The van der Waals surface area contributed by atoms with Crippen LogP contribution in [0.3, 0.4) is 0 Å². The number of para-hydroxylation sites is 1. The monoisotopic (exact) mass is 338 g/mol. The van der Waals surface area contributed by atoms with Crippen LogP contribution in [0.15, 0.2) is 43.2 Å². The normalized spacial score (nSPS) is 10.8. The standard InChI is InChI=1S/C20H26N4O/c1-6-10-21-20(25)17-11-23-18(12-22-17)24-19-15(13(2)3)8-7-9-16(19)14(4)5/h6-9,11-14H,1,10H2,2-5H3,(H,21,25)(H,23,24). The minimum absolute atomic E-state index is 0.260. The van der Waals surface area contributed by atoms with Crippen LogP contribution >= 0.6 is 0 Å². The molecule has 1 aromatic heterocycles. The molecule has 5 heteroatoms. The number of amides is 1. The number of carbonyl (C=O) groups is 1. The highest BCUT2D eigenvalue weighted by atomic mass is 16.1. The van der Waals surface area contributed by atoms with Gasteiger partial charge in [-0.1, -0.05) is 52.0 Å². The number of hydrogen-bond acceptors (Lipinski definition) is 4. The van der Waals surface area contributed by atoms with Crippen molar-refractivity contribution < 1.29 is 4.79 Å². The minimum atomic E-state index is -0.260. The van der Waals surface area contributed by atoms with Crippen molar-refractivity contribution in [3.63, 3.8) is 0 Å². The first-order chi connectivity index (χ1) is 11.9. The van der Waals surface area contributed by atoms with Gasteiger partial charge in [-0.05, 0) is 23.0 Å². The smallest absolute Gasteiger partial charge is 0.271 e. The van der Waals surface area contributed by atoms with E-state index < -0.39 is 0 Å². The zero-order valence-electron chi connectivity index (χ0n) is 15.3. The van der Waals surface area contributed by atoms with E-state index in [0.29, 0.717) is 24.2 Å². The molecule has 0 bridgehead atoms. The highest BCUT2D eigenvalue weighted by Crippen LogP contribution is 2.33. The van der Waals surface area contributed by atoms with Crippen molar-refractivity contribution in [1.29, 1.82) is 0 Å². The number of aromatic nitrogens is 2. The molecule has 1 heterocycles. The summed E-state index contributed by atoms with van der Waals surface area (Å²) in [6.07, 6.45) is 4.69. The van der Waals surface area contributed by atoms with Crippen LogP contribution in [0.1, 0.15) is 61.1 Å². The Morgan fingerprint density at radius 2 is 1.76 bits per heavy atom. The van der Waals surface area contributed by atoms with Crippen LogP contribution in [0.2, 0.25) is 0 Å². The lowest BCUT2D eigenvalue weighted by Gasteiger charge is -2.20. The summed E-state index contributed by atoms with van der Waals surface area (Å²) in [7, 11) is 0. The lowest BCUT2D eigenvalue weighted by molar-refractivity contribution is 0.0952. The average molecular weight is 338 g/mol. The van der Waals surface area contributed by atoms with Gasteiger partial charge in [0.1, 0.15) is 11.5 Å². The molecule has 2 N–H and O–H groups in total. The summed E-state index contributed by atoms with van der Waals surface area (Å²) in [6, 6.07) is 6.35. The molecule has 0 saturated heterocycles. The number of nitrogens with zero attached hydrogens (tertiary/aromatic N) is 2. The number of hydrogen-bond donors (Lipinski definition) is 2. The Balaban J connectivity index is 2.27. The minimum Gasteiger partial charge on any atom is -0.347 e. The van der Waals surface area contributed by atoms with Crippen LogP contribution in [-0.4, -0.2) is 22.4 Å². The zero-order valence-corrected chi connectivity index (χ0v) is 15.3. The van der Waals surface area contributed by atoms with E-state index in [4.69, 9.17) is 0 Å². The molecule has 0 unspecified atom stereocenters. The van der Waals surface area contributed by atoms with Gasteiger partial charge in [-0.15, -0.1) is 6.58 Å². The third-order valence-electron chi connectivity index (χ3n) is 3.92. The van der Waals surface area contributed by atoms with Gasteiger partial charge >= 0.3 is 0 Å². The first-order valence-electron chi connectivity index (χ1n) is 8.55. The van der Waals surface area contributed by atoms with Gasteiger partial charge in [0, 0.05) is 12.2 Å². The molecule has 132 valence electrons. The zero-order chi connectivity index (χ0) is 18.4. The number of rotatable bonds is 7. The quantitative estimate of drug-likeness (QED) is 0.735. The summed E-state index contributed by atoms with van der Waals surface area (Å²) in [5.41, 5.74) is 3.83. The molecule has 0 aliphatic heterocycles. The second-order valence-corrected chi connectivity index (χ2v) is 6.53. The van der Waals surface area contributed by atoms with Gasteiger partial charge in [0.25, 0.3) is 5.91 Å². The van der Waals surface area contributed by atoms with E-state index in [0.717, 1.165) is 5.69 Å². The Kier molecular flexibility index (Phi) is 6.28. The van der Waals surface area contributed by atoms with E-state index >= 15 is 0 Å². The molecule has 0 saturated carbocycles. The van der Waals surface area contributed by atoms with Crippen LogP contribution < -0.4 is 10.6 Å². The van der Waals surface area contributed by atoms with Gasteiger partial charge in [-0.2, -0.15) is 0 Å². The van der Waals surface area contributed by atoms with E-state index in [1.165, 1.54) is 17.3 Å². The molecule has 2 rings (SSSR count). The van der Waals surface area contributed by atoms with E-state index in [1.807, 2.05) is 0 Å². The van der Waals surface area contributed by atoms with Gasteiger partial charge in [0.05, 0.1) is 12.4 Å². The predicted molar refractivity (Wildman–Crippen MR) is 102 cm³/mol. The number of carbonyl (C=O) groups excluding carboxylic acids is 1. The first-order valence-corrected chi connectivity index (χ1v) is 8.55. The molecule has 1 amide bonds.